The number of benzene rings is 1. The number of hydrogen-bond acceptors (Lipinski definition) is 3. The highest BCUT2D eigenvalue weighted by molar-refractivity contribution is 5.29. The second-order valence-electron chi connectivity index (χ2n) is 5.55. The van der Waals surface area contributed by atoms with Crippen LogP contribution in [0.2, 0.25) is 0 Å². The molecule has 0 heterocycles. The third-order valence-electron chi connectivity index (χ3n) is 3.74. The van der Waals surface area contributed by atoms with Crippen molar-refractivity contribution in [3.63, 3.8) is 0 Å². The Morgan fingerprint density at radius 3 is 2.53 bits per heavy atom. The number of nitrogens with zero attached hydrogens (tertiary/aromatic N) is 1. The molecule has 0 radical (unpaired) electrons. The van der Waals surface area contributed by atoms with Gasteiger partial charge in [-0.15, -0.1) is 0 Å². The topological polar surface area (TPSA) is 38.5 Å². The normalized spacial score (nSPS) is 16.6. The van der Waals surface area contributed by atoms with Crippen LogP contribution in [0.15, 0.2) is 24.3 Å². The molecule has 3 nitrogen and oxygen atoms in total. The van der Waals surface area contributed by atoms with Gasteiger partial charge in [0.2, 0.25) is 0 Å². The number of ether oxygens (including phenoxy) is 1. The lowest BCUT2D eigenvalue weighted by Crippen LogP contribution is -2.32. The van der Waals surface area contributed by atoms with E-state index in [9.17, 15) is 0 Å². The summed E-state index contributed by atoms with van der Waals surface area (Å²) < 4.78 is 5.61. The van der Waals surface area contributed by atoms with Crippen molar-refractivity contribution < 1.29 is 4.74 Å². The van der Waals surface area contributed by atoms with Gasteiger partial charge in [-0.2, -0.15) is 0 Å². The molecule has 1 atom stereocenters. The van der Waals surface area contributed by atoms with Crippen molar-refractivity contribution in [2.24, 2.45) is 11.7 Å². The zero-order valence-corrected chi connectivity index (χ0v) is 12.1. The Balaban J connectivity index is 1.96. The fourth-order valence-electron chi connectivity index (χ4n) is 2.41. The van der Waals surface area contributed by atoms with Crippen LogP contribution in [0.4, 0.5) is 0 Å². The van der Waals surface area contributed by atoms with Crippen molar-refractivity contribution in [2.45, 2.75) is 32.2 Å². The van der Waals surface area contributed by atoms with Crippen LogP contribution in [0.5, 0.6) is 5.75 Å². The SMILES string of the molecule is CCCOc1ccc(C(CN)N(C)CC2CC2)cc1. The summed E-state index contributed by atoms with van der Waals surface area (Å²) in [6.07, 6.45) is 3.80. The Kier molecular flexibility index (Phi) is 5.23. The lowest BCUT2D eigenvalue weighted by atomic mass is 10.1. The van der Waals surface area contributed by atoms with Gasteiger partial charge in [0, 0.05) is 19.1 Å². The summed E-state index contributed by atoms with van der Waals surface area (Å²) in [5, 5.41) is 0. The minimum Gasteiger partial charge on any atom is -0.494 e. The molecule has 2 N–H and O–H groups in total. The summed E-state index contributed by atoms with van der Waals surface area (Å²) in [4.78, 5) is 2.39. The highest BCUT2D eigenvalue weighted by Crippen LogP contribution is 2.32. The van der Waals surface area contributed by atoms with Crippen LogP contribution in [-0.2, 0) is 0 Å². The first kappa shape index (κ1) is 14.4. The van der Waals surface area contributed by atoms with E-state index >= 15 is 0 Å². The van der Waals surface area contributed by atoms with Crippen LogP contribution in [0.3, 0.4) is 0 Å². The molecule has 0 aromatic heterocycles. The molecule has 1 fully saturated rings. The van der Waals surface area contributed by atoms with Crippen molar-refractivity contribution in [1.82, 2.24) is 4.90 Å². The standard InChI is InChI=1S/C16H26N2O/c1-3-10-19-15-8-6-14(7-9-15)16(11-17)18(2)12-13-4-5-13/h6-9,13,16H,3-5,10-12,17H2,1-2H3. The van der Waals surface area contributed by atoms with Crippen LogP contribution in [0, 0.1) is 5.92 Å². The van der Waals surface area contributed by atoms with Crippen molar-refractivity contribution in [2.75, 3.05) is 26.7 Å². The number of likely N-dealkylation sites (N-methyl/N-ethyl adjacent to an activating group) is 1. The average molecular weight is 262 g/mol. The van der Waals surface area contributed by atoms with Crippen LogP contribution < -0.4 is 10.5 Å². The molecule has 1 aromatic carbocycles. The molecule has 0 amide bonds. The van der Waals surface area contributed by atoms with Gasteiger partial charge in [-0.25, -0.2) is 0 Å². The van der Waals surface area contributed by atoms with E-state index in [1.807, 2.05) is 0 Å². The quantitative estimate of drug-likeness (QED) is 0.783. The fourth-order valence-corrected chi connectivity index (χ4v) is 2.41. The second kappa shape index (κ2) is 6.92. The molecule has 1 aliphatic carbocycles. The van der Waals surface area contributed by atoms with Crippen molar-refractivity contribution in [1.29, 1.82) is 0 Å². The lowest BCUT2D eigenvalue weighted by molar-refractivity contribution is 0.240. The Hall–Kier alpha value is -1.06. The van der Waals surface area contributed by atoms with Gasteiger partial charge in [-0.05, 0) is 49.9 Å². The third-order valence-corrected chi connectivity index (χ3v) is 3.74. The first-order valence-corrected chi connectivity index (χ1v) is 7.37. The molecule has 0 aliphatic heterocycles. The van der Waals surface area contributed by atoms with Gasteiger partial charge in [0.25, 0.3) is 0 Å². The average Bonchev–Trinajstić information content (AvgIpc) is 3.22. The Morgan fingerprint density at radius 1 is 1.32 bits per heavy atom. The first-order valence-electron chi connectivity index (χ1n) is 7.37. The molecule has 1 unspecified atom stereocenters. The molecule has 0 saturated heterocycles. The molecule has 106 valence electrons. The first-order chi connectivity index (χ1) is 9.24. The van der Waals surface area contributed by atoms with Crippen LogP contribution in [0.1, 0.15) is 37.8 Å². The van der Waals surface area contributed by atoms with E-state index < -0.39 is 0 Å². The minimum absolute atomic E-state index is 0.320. The van der Waals surface area contributed by atoms with E-state index in [-0.39, 0.29) is 0 Å². The summed E-state index contributed by atoms with van der Waals surface area (Å²) in [5.74, 6) is 1.84. The van der Waals surface area contributed by atoms with E-state index in [0.717, 1.165) is 31.2 Å². The fraction of sp³-hybridized carbons (Fsp3) is 0.625. The Bertz CT molecular complexity index is 373. The highest BCUT2D eigenvalue weighted by atomic mass is 16.5. The molecule has 0 bridgehead atoms. The van der Waals surface area contributed by atoms with Gasteiger partial charge in [0.1, 0.15) is 5.75 Å². The number of rotatable bonds is 8. The molecule has 1 aliphatic rings. The zero-order chi connectivity index (χ0) is 13.7. The summed E-state index contributed by atoms with van der Waals surface area (Å²) in [6, 6.07) is 8.72. The minimum atomic E-state index is 0.320. The monoisotopic (exact) mass is 262 g/mol. The van der Waals surface area contributed by atoms with Crippen molar-refractivity contribution in [3.05, 3.63) is 29.8 Å². The molecule has 2 rings (SSSR count). The molecule has 3 heteroatoms. The number of hydrogen-bond donors (Lipinski definition) is 1. The largest absolute Gasteiger partial charge is 0.494 e. The maximum atomic E-state index is 5.95. The lowest BCUT2D eigenvalue weighted by Gasteiger charge is -2.27. The van der Waals surface area contributed by atoms with Crippen LogP contribution in [-0.4, -0.2) is 31.6 Å². The van der Waals surface area contributed by atoms with Crippen molar-refractivity contribution >= 4 is 0 Å². The molecule has 1 saturated carbocycles. The summed E-state index contributed by atoms with van der Waals surface area (Å²) in [5.41, 5.74) is 7.23. The molecule has 1 aromatic rings. The van der Waals surface area contributed by atoms with Crippen LogP contribution >= 0.6 is 0 Å². The third kappa shape index (κ3) is 4.22. The maximum Gasteiger partial charge on any atom is 0.119 e. The van der Waals surface area contributed by atoms with E-state index in [0.29, 0.717) is 12.6 Å². The Morgan fingerprint density at radius 2 is 2.00 bits per heavy atom. The van der Waals surface area contributed by atoms with Gasteiger partial charge < -0.3 is 10.5 Å². The highest BCUT2D eigenvalue weighted by Gasteiger charge is 2.26. The van der Waals surface area contributed by atoms with Crippen LogP contribution in [0.25, 0.3) is 0 Å². The smallest absolute Gasteiger partial charge is 0.119 e. The molecular formula is C16H26N2O. The maximum absolute atomic E-state index is 5.95. The molecule has 19 heavy (non-hydrogen) atoms. The molecule has 0 spiro atoms. The van der Waals surface area contributed by atoms with Gasteiger partial charge in [-0.1, -0.05) is 19.1 Å². The van der Waals surface area contributed by atoms with E-state index in [4.69, 9.17) is 10.5 Å². The zero-order valence-electron chi connectivity index (χ0n) is 12.1. The van der Waals surface area contributed by atoms with E-state index in [2.05, 4.69) is 43.1 Å². The predicted octanol–water partition coefficient (Wildman–Crippen LogP) is 2.82. The van der Waals surface area contributed by atoms with Gasteiger partial charge in [0.05, 0.1) is 6.61 Å². The summed E-state index contributed by atoms with van der Waals surface area (Å²) >= 11 is 0. The molecular weight excluding hydrogens is 236 g/mol. The Labute approximate surface area is 116 Å². The number of nitrogens with two attached hydrogens (primary N) is 1. The van der Waals surface area contributed by atoms with E-state index in [1.165, 1.54) is 18.4 Å². The van der Waals surface area contributed by atoms with Crippen molar-refractivity contribution in [3.8, 4) is 5.75 Å². The van der Waals surface area contributed by atoms with E-state index in [1.54, 1.807) is 0 Å². The predicted molar refractivity (Wildman–Crippen MR) is 79.4 cm³/mol. The van der Waals surface area contributed by atoms with Gasteiger partial charge in [0.15, 0.2) is 0 Å². The second-order valence-corrected chi connectivity index (χ2v) is 5.55. The van der Waals surface area contributed by atoms with Gasteiger partial charge in [-0.3, -0.25) is 4.90 Å². The van der Waals surface area contributed by atoms with Gasteiger partial charge >= 0.3 is 0 Å². The summed E-state index contributed by atoms with van der Waals surface area (Å²) in [7, 11) is 2.18. The summed E-state index contributed by atoms with van der Waals surface area (Å²) in [6.45, 7) is 4.72.